The summed E-state index contributed by atoms with van der Waals surface area (Å²) < 4.78 is 25.2. The zero-order valence-corrected chi connectivity index (χ0v) is 16.4. The quantitative estimate of drug-likeness (QED) is 0.803. The molecule has 0 saturated carbocycles. The van der Waals surface area contributed by atoms with Gasteiger partial charge >= 0.3 is 0 Å². The lowest BCUT2D eigenvalue weighted by atomic mass is 10.1. The molecule has 2 saturated heterocycles. The van der Waals surface area contributed by atoms with E-state index in [1.807, 2.05) is 18.7 Å². The Morgan fingerprint density at radius 2 is 2.08 bits per heavy atom. The number of nitrogens with one attached hydrogen (secondary N) is 1. The van der Waals surface area contributed by atoms with Crippen LogP contribution in [-0.2, 0) is 16.4 Å². The van der Waals surface area contributed by atoms with Crippen molar-refractivity contribution in [3.8, 4) is 10.6 Å². The van der Waals surface area contributed by atoms with Gasteiger partial charge < -0.3 is 14.8 Å². The van der Waals surface area contributed by atoms with Crippen LogP contribution in [0.15, 0.2) is 18.7 Å². The maximum Gasteiger partial charge on any atom is 0.185 e. The van der Waals surface area contributed by atoms with Gasteiger partial charge in [-0.3, -0.25) is 0 Å². The van der Waals surface area contributed by atoms with Gasteiger partial charge in [0.05, 0.1) is 34.6 Å². The number of hydrogen-bond donors (Lipinski definition) is 1. The molecule has 1 N–H and O–H groups in total. The maximum absolute atomic E-state index is 11.5. The van der Waals surface area contributed by atoms with E-state index in [2.05, 4.69) is 24.8 Å². The van der Waals surface area contributed by atoms with Gasteiger partial charge in [-0.2, -0.15) is 0 Å². The molecule has 2 aliphatic rings. The standard InChI is InChI=1S/C17H25N5O2S2/c23-26(24)9-4-14(12-26)19-5-8-22-13-18-10-15(22)16-11-20-17(25-16)21-6-2-1-3-7-21/h10-11,13-14,19H,1-9,12H2/t14-/m1/s1. The highest BCUT2D eigenvalue weighted by atomic mass is 32.2. The van der Waals surface area contributed by atoms with Gasteiger partial charge in [-0.25, -0.2) is 18.4 Å². The van der Waals surface area contributed by atoms with Gasteiger partial charge in [0.1, 0.15) is 0 Å². The average molecular weight is 396 g/mol. The van der Waals surface area contributed by atoms with Crippen LogP contribution >= 0.6 is 11.3 Å². The monoisotopic (exact) mass is 395 g/mol. The van der Waals surface area contributed by atoms with E-state index < -0.39 is 9.84 Å². The molecule has 0 aromatic carbocycles. The Morgan fingerprint density at radius 1 is 1.23 bits per heavy atom. The third-order valence-electron chi connectivity index (χ3n) is 5.10. The minimum Gasteiger partial charge on any atom is -0.348 e. The molecule has 0 aliphatic carbocycles. The topological polar surface area (TPSA) is 80.1 Å². The summed E-state index contributed by atoms with van der Waals surface area (Å²) in [7, 11) is -2.83. The summed E-state index contributed by atoms with van der Waals surface area (Å²) in [5, 5.41) is 4.46. The van der Waals surface area contributed by atoms with Crippen LogP contribution in [0.3, 0.4) is 0 Å². The lowest BCUT2D eigenvalue weighted by Gasteiger charge is -2.25. The van der Waals surface area contributed by atoms with Crippen LogP contribution in [0.4, 0.5) is 5.13 Å². The SMILES string of the molecule is O=S1(=O)CC[C@@H](NCCn2cncc2-c2cnc(N3CCCCC3)s2)C1. The Balaban J connectivity index is 1.37. The molecule has 0 radical (unpaired) electrons. The number of anilines is 1. The van der Waals surface area contributed by atoms with Crippen molar-refractivity contribution < 1.29 is 8.42 Å². The number of nitrogens with zero attached hydrogens (tertiary/aromatic N) is 4. The van der Waals surface area contributed by atoms with Crippen molar-refractivity contribution in [2.24, 2.45) is 0 Å². The predicted molar refractivity (Wildman–Crippen MR) is 104 cm³/mol. The Bertz CT molecular complexity index is 839. The van der Waals surface area contributed by atoms with Crippen LogP contribution in [0, 0.1) is 0 Å². The van der Waals surface area contributed by atoms with Gasteiger partial charge in [-0.1, -0.05) is 11.3 Å². The third-order valence-corrected chi connectivity index (χ3v) is 7.95. The molecule has 0 unspecified atom stereocenters. The van der Waals surface area contributed by atoms with Crippen molar-refractivity contribution in [3.05, 3.63) is 18.7 Å². The molecule has 1 atom stereocenters. The first-order valence-electron chi connectivity index (χ1n) is 9.26. The van der Waals surface area contributed by atoms with E-state index >= 15 is 0 Å². The lowest BCUT2D eigenvalue weighted by molar-refractivity contribution is 0.521. The Hall–Kier alpha value is -1.45. The number of sulfone groups is 1. The van der Waals surface area contributed by atoms with Crippen LogP contribution in [0.25, 0.3) is 10.6 Å². The highest BCUT2D eigenvalue weighted by molar-refractivity contribution is 7.91. The van der Waals surface area contributed by atoms with Crippen molar-refractivity contribution in [1.82, 2.24) is 19.9 Å². The van der Waals surface area contributed by atoms with Crippen molar-refractivity contribution in [2.45, 2.75) is 38.3 Å². The van der Waals surface area contributed by atoms with E-state index in [0.717, 1.165) is 41.9 Å². The van der Waals surface area contributed by atoms with Gasteiger partial charge in [0, 0.05) is 38.4 Å². The summed E-state index contributed by atoms with van der Waals surface area (Å²) in [6.45, 7) is 3.70. The zero-order chi connectivity index (χ0) is 18.0. The number of imidazole rings is 1. The third kappa shape index (κ3) is 4.10. The molecule has 7 nitrogen and oxygen atoms in total. The minimum atomic E-state index is -2.83. The van der Waals surface area contributed by atoms with E-state index in [1.54, 1.807) is 11.3 Å². The Labute approximate surface area is 158 Å². The highest BCUT2D eigenvalue weighted by Crippen LogP contribution is 2.32. The summed E-state index contributed by atoms with van der Waals surface area (Å²) in [6.07, 6.45) is 10.2. The second-order valence-electron chi connectivity index (χ2n) is 7.08. The molecule has 0 spiro atoms. The summed E-state index contributed by atoms with van der Waals surface area (Å²) in [6, 6.07) is 0.0843. The summed E-state index contributed by atoms with van der Waals surface area (Å²) >= 11 is 1.72. The van der Waals surface area contributed by atoms with Crippen molar-refractivity contribution in [3.63, 3.8) is 0 Å². The molecule has 0 amide bonds. The predicted octanol–water partition coefficient (Wildman–Crippen LogP) is 1.77. The number of rotatable bonds is 6. The first-order chi connectivity index (χ1) is 12.6. The van der Waals surface area contributed by atoms with E-state index in [0.29, 0.717) is 12.2 Å². The van der Waals surface area contributed by atoms with Gasteiger partial charge in [-0.15, -0.1) is 0 Å². The fourth-order valence-corrected chi connectivity index (χ4v) is 6.37. The second-order valence-corrected chi connectivity index (χ2v) is 10.3. The lowest BCUT2D eigenvalue weighted by Crippen LogP contribution is -2.32. The smallest absolute Gasteiger partial charge is 0.185 e. The fraction of sp³-hybridized carbons (Fsp3) is 0.647. The van der Waals surface area contributed by atoms with Crippen LogP contribution in [0.2, 0.25) is 0 Å². The largest absolute Gasteiger partial charge is 0.348 e. The van der Waals surface area contributed by atoms with E-state index in [9.17, 15) is 8.42 Å². The van der Waals surface area contributed by atoms with Gasteiger partial charge in [0.25, 0.3) is 0 Å². The molecule has 2 aromatic heterocycles. The summed E-state index contributed by atoms with van der Waals surface area (Å²) in [4.78, 5) is 12.4. The number of piperidine rings is 1. The first-order valence-corrected chi connectivity index (χ1v) is 11.9. The normalized spacial score (nSPS) is 22.8. The molecule has 4 heterocycles. The van der Waals surface area contributed by atoms with Crippen LogP contribution < -0.4 is 10.2 Å². The molecule has 142 valence electrons. The molecule has 9 heteroatoms. The van der Waals surface area contributed by atoms with Crippen LogP contribution in [-0.4, -0.2) is 60.1 Å². The van der Waals surface area contributed by atoms with E-state index in [4.69, 9.17) is 0 Å². The molecule has 4 rings (SSSR count). The molecule has 26 heavy (non-hydrogen) atoms. The fourth-order valence-electron chi connectivity index (χ4n) is 3.66. The van der Waals surface area contributed by atoms with Crippen molar-refractivity contribution in [1.29, 1.82) is 0 Å². The van der Waals surface area contributed by atoms with Gasteiger partial charge in [-0.05, 0) is 25.7 Å². The molecule has 2 fully saturated rings. The Morgan fingerprint density at radius 3 is 2.85 bits per heavy atom. The van der Waals surface area contributed by atoms with Gasteiger partial charge in [0.15, 0.2) is 15.0 Å². The van der Waals surface area contributed by atoms with E-state index in [-0.39, 0.29) is 11.8 Å². The second kappa shape index (κ2) is 7.66. The van der Waals surface area contributed by atoms with Crippen LogP contribution in [0.5, 0.6) is 0 Å². The minimum absolute atomic E-state index is 0.0843. The first kappa shape index (κ1) is 17.9. The zero-order valence-electron chi connectivity index (χ0n) is 14.8. The van der Waals surface area contributed by atoms with Crippen LogP contribution in [0.1, 0.15) is 25.7 Å². The molecule has 0 bridgehead atoms. The summed E-state index contributed by atoms with van der Waals surface area (Å²) in [5.41, 5.74) is 1.08. The molecule has 2 aliphatic heterocycles. The molecule has 2 aromatic rings. The number of hydrogen-bond acceptors (Lipinski definition) is 7. The Kier molecular flexibility index (Phi) is 5.28. The average Bonchev–Trinajstić information content (AvgIpc) is 3.35. The number of aromatic nitrogens is 3. The maximum atomic E-state index is 11.5. The highest BCUT2D eigenvalue weighted by Gasteiger charge is 2.27. The van der Waals surface area contributed by atoms with Crippen molar-refractivity contribution in [2.75, 3.05) is 36.0 Å². The molecular weight excluding hydrogens is 370 g/mol. The van der Waals surface area contributed by atoms with Gasteiger partial charge in [0.2, 0.25) is 0 Å². The van der Waals surface area contributed by atoms with E-state index in [1.165, 1.54) is 19.3 Å². The molecular formula is C17H25N5O2S2. The number of thiazole rings is 1. The summed E-state index contributed by atoms with van der Waals surface area (Å²) in [5.74, 6) is 0.568. The van der Waals surface area contributed by atoms with Crippen molar-refractivity contribution >= 4 is 26.3 Å².